The van der Waals surface area contributed by atoms with Crippen LogP contribution in [0.1, 0.15) is 13.3 Å². The van der Waals surface area contributed by atoms with E-state index < -0.39 is 61.6 Å². The van der Waals surface area contributed by atoms with Crippen molar-refractivity contribution in [3.63, 3.8) is 0 Å². The summed E-state index contributed by atoms with van der Waals surface area (Å²) in [5, 5.41) is 49.4. The van der Waals surface area contributed by atoms with E-state index in [9.17, 15) is 30.3 Å². The largest absolute Gasteiger partial charge is 0.472 e. The Balaban J connectivity index is 1.80. The summed E-state index contributed by atoms with van der Waals surface area (Å²) in [7, 11) is 1.25. The molecule has 2 aliphatic heterocycles. The normalized spacial score (nSPS) is 47.0. The van der Waals surface area contributed by atoms with Crippen LogP contribution < -0.4 is 0 Å². The number of carbonyl (C=O) groups excluding carboxylic acids is 1. The molecule has 1 aliphatic carbocycles. The lowest BCUT2D eigenvalue weighted by molar-refractivity contribution is -0.342. The molecular formula is C17H26O10. The van der Waals surface area contributed by atoms with E-state index in [1.54, 1.807) is 6.92 Å². The van der Waals surface area contributed by atoms with Gasteiger partial charge >= 0.3 is 5.97 Å². The van der Waals surface area contributed by atoms with Gasteiger partial charge in [-0.25, -0.2) is 4.79 Å². The zero-order valence-electron chi connectivity index (χ0n) is 15.0. The average Bonchev–Trinajstić information content (AvgIpc) is 2.96. The van der Waals surface area contributed by atoms with Crippen molar-refractivity contribution in [3.05, 3.63) is 11.8 Å². The molecule has 0 radical (unpaired) electrons. The fourth-order valence-corrected chi connectivity index (χ4v) is 4.10. The van der Waals surface area contributed by atoms with Crippen LogP contribution in [0.3, 0.4) is 0 Å². The van der Waals surface area contributed by atoms with Crippen LogP contribution in [0.4, 0.5) is 0 Å². The van der Waals surface area contributed by atoms with E-state index in [2.05, 4.69) is 0 Å². The highest BCUT2D eigenvalue weighted by atomic mass is 16.8. The Labute approximate surface area is 155 Å². The first-order valence-corrected chi connectivity index (χ1v) is 8.88. The molecule has 10 heteroatoms. The summed E-state index contributed by atoms with van der Waals surface area (Å²) in [4.78, 5) is 12.0. The maximum atomic E-state index is 12.0. The topological polar surface area (TPSA) is 155 Å². The van der Waals surface area contributed by atoms with E-state index in [4.69, 9.17) is 18.9 Å². The van der Waals surface area contributed by atoms with Gasteiger partial charge in [-0.1, -0.05) is 6.92 Å². The van der Waals surface area contributed by atoms with Gasteiger partial charge in [0.15, 0.2) is 6.29 Å². The molecule has 0 aromatic heterocycles. The SMILES string of the molecule is COC(=O)C1=COC(O[C@@H]2O[C@@H](CO)[C@H](O)[C@@H](O)[C@@H]2O)C2C1CC(O)C2C. The Hall–Kier alpha value is -1.27. The molecule has 5 unspecified atom stereocenters. The molecule has 0 amide bonds. The maximum Gasteiger partial charge on any atom is 0.337 e. The van der Waals surface area contributed by atoms with Crippen LogP contribution in [0.2, 0.25) is 0 Å². The Kier molecular flexibility index (Phi) is 6.06. The second kappa shape index (κ2) is 8.00. The highest BCUT2D eigenvalue weighted by molar-refractivity contribution is 5.89. The highest BCUT2D eigenvalue weighted by Gasteiger charge is 2.53. The number of carbonyl (C=O) groups is 1. The number of hydrogen-bond donors (Lipinski definition) is 5. The minimum atomic E-state index is -1.58. The van der Waals surface area contributed by atoms with Gasteiger partial charge in [-0.15, -0.1) is 0 Å². The first-order chi connectivity index (χ1) is 12.8. The molecule has 27 heavy (non-hydrogen) atoms. The number of methoxy groups -OCH3 is 1. The maximum absolute atomic E-state index is 12.0. The number of esters is 1. The Morgan fingerprint density at radius 3 is 2.52 bits per heavy atom. The number of ether oxygens (including phenoxy) is 4. The van der Waals surface area contributed by atoms with Gasteiger partial charge in [-0.2, -0.15) is 0 Å². The fourth-order valence-electron chi connectivity index (χ4n) is 4.10. The van der Waals surface area contributed by atoms with Crippen LogP contribution in [-0.4, -0.2) is 88.3 Å². The Morgan fingerprint density at radius 2 is 1.89 bits per heavy atom. The molecule has 3 aliphatic rings. The minimum absolute atomic E-state index is 0.279. The molecule has 0 spiro atoms. The Bertz CT molecular complexity index is 578. The number of fused-ring (bicyclic) bond motifs is 1. The lowest BCUT2D eigenvalue weighted by atomic mass is 9.83. The summed E-state index contributed by atoms with van der Waals surface area (Å²) in [6.07, 6.45) is -7.25. The van der Waals surface area contributed by atoms with Crippen molar-refractivity contribution in [2.24, 2.45) is 17.8 Å². The van der Waals surface area contributed by atoms with E-state index >= 15 is 0 Å². The lowest BCUT2D eigenvalue weighted by Gasteiger charge is -2.43. The Morgan fingerprint density at radius 1 is 1.19 bits per heavy atom. The molecule has 5 N–H and O–H groups in total. The number of aliphatic hydroxyl groups is 5. The van der Waals surface area contributed by atoms with E-state index in [1.807, 2.05) is 0 Å². The van der Waals surface area contributed by atoms with E-state index in [0.717, 1.165) is 0 Å². The summed E-state index contributed by atoms with van der Waals surface area (Å²) in [5.41, 5.74) is 0.291. The smallest absolute Gasteiger partial charge is 0.337 e. The molecule has 2 fully saturated rings. The number of hydrogen-bond acceptors (Lipinski definition) is 10. The van der Waals surface area contributed by atoms with Gasteiger partial charge in [-0.3, -0.25) is 0 Å². The predicted molar refractivity (Wildman–Crippen MR) is 86.6 cm³/mol. The van der Waals surface area contributed by atoms with Gasteiger partial charge in [-0.05, 0) is 12.3 Å². The van der Waals surface area contributed by atoms with Crippen molar-refractivity contribution in [1.82, 2.24) is 0 Å². The van der Waals surface area contributed by atoms with Crippen molar-refractivity contribution in [2.45, 2.75) is 56.4 Å². The molecule has 0 aromatic carbocycles. The van der Waals surface area contributed by atoms with Crippen molar-refractivity contribution in [3.8, 4) is 0 Å². The van der Waals surface area contributed by atoms with Gasteiger partial charge in [0.2, 0.25) is 6.29 Å². The summed E-state index contributed by atoms with van der Waals surface area (Å²) >= 11 is 0. The van der Waals surface area contributed by atoms with E-state index in [0.29, 0.717) is 12.0 Å². The van der Waals surface area contributed by atoms with Crippen molar-refractivity contribution in [1.29, 1.82) is 0 Å². The van der Waals surface area contributed by atoms with E-state index in [-0.39, 0.29) is 11.8 Å². The number of aliphatic hydroxyl groups excluding tert-OH is 5. The third kappa shape index (κ3) is 3.58. The minimum Gasteiger partial charge on any atom is -0.472 e. The third-order valence-electron chi connectivity index (χ3n) is 5.75. The second-order valence-corrected chi connectivity index (χ2v) is 7.25. The summed E-state index contributed by atoms with van der Waals surface area (Å²) < 4.78 is 21.4. The molecule has 10 atom stereocenters. The van der Waals surface area contributed by atoms with Gasteiger partial charge < -0.3 is 44.5 Å². The molecule has 1 saturated heterocycles. The molecule has 2 heterocycles. The first-order valence-electron chi connectivity index (χ1n) is 8.88. The summed E-state index contributed by atoms with van der Waals surface area (Å²) in [5.74, 6) is -1.63. The van der Waals surface area contributed by atoms with Crippen molar-refractivity contribution >= 4 is 5.97 Å². The van der Waals surface area contributed by atoms with Gasteiger partial charge in [0.1, 0.15) is 24.4 Å². The molecule has 10 nitrogen and oxygen atoms in total. The molecule has 0 bridgehead atoms. The van der Waals surface area contributed by atoms with Crippen LogP contribution in [0.15, 0.2) is 11.8 Å². The molecule has 154 valence electrons. The van der Waals surface area contributed by atoms with E-state index in [1.165, 1.54) is 13.4 Å². The van der Waals surface area contributed by atoms with Gasteiger partial charge in [0, 0.05) is 11.8 Å². The summed E-state index contributed by atoms with van der Waals surface area (Å²) in [6.45, 7) is 1.21. The van der Waals surface area contributed by atoms with Crippen LogP contribution in [0.5, 0.6) is 0 Å². The third-order valence-corrected chi connectivity index (χ3v) is 5.75. The molecule has 0 aromatic rings. The monoisotopic (exact) mass is 390 g/mol. The van der Waals surface area contributed by atoms with Crippen molar-refractivity contribution < 1.29 is 49.3 Å². The number of rotatable bonds is 4. The average molecular weight is 390 g/mol. The van der Waals surface area contributed by atoms with Crippen LogP contribution >= 0.6 is 0 Å². The second-order valence-electron chi connectivity index (χ2n) is 7.25. The zero-order valence-corrected chi connectivity index (χ0v) is 15.0. The quantitative estimate of drug-likeness (QED) is 0.336. The van der Waals surface area contributed by atoms with Crippen LogP contribution in [0, 0.1) is 17.8 Å². The lowest BCUT2D eigenvalue weighted by Crippen LogP contribution is -2.60. The van der Waals surface area contributed by atoms with Crippen molar-refractivity contribution in [2.75, 3.05) is 13.7 Å². The van der Waals surface area contributed by atoms with Crippen LogP contribution in [-0.2, 0) is 23.7 Å². The van der Waals surface area contributed by atoms with Gasteiger partial charge in [0.05, 0.1) is 31.7 Å². The van der Waals surface area contributed by atoms with Gasteiger partial charge in [0.25, 0.3) is 0 Å². The highest BCUT2D eigenvalue weighted by Crippen LogP contribution is 2.47. The molecule has 3 rings (SSSR count). The summed E-state index contributed by atoms with van der Waals surface area (Å²) in [6, 6.07) is 0. The standard InChI is InChI=1S/C17H26O10/c1-6-9(19)3-7-8(15(23)24-2)5-25-16(11(6)7)27-17-14(22)13(21)12(20)10(4-18)26-17/h5-7,9-14,16-22H,3-4H2,1-2H3/t6?,7?,9?,10-,11?,12-,13+,14-,16?,17-/m0/s1. The van der Waals surface area contributed by atoms with Crippen LogP contribution in [0.25, 0.3) is 0 Å². The zero-order chi connectivity index (χ0) is 19.9. The fraction of sp³-hybridized carbons (Fsp3) is 0.824. The molecular weight excluding hydrogens is 364 g/mol. The predicted octanol–water partition coefficient (Wildman–Crippen LogP) is -2.15. The molecule has 1 saturated carbocycles. The first kappa shape index (κ1) is 20.5.